The van der Waals surface area contributed by atoms with E-state index in [1.807, 2.05) is 24.3 Å². The first-order chi connectivity index (χ1) is 10.0. The van der Waals surface area contributed by atoms with Crippen LogP contribution in [0.2, 0.25) is 0 Å². The molecule has 114 valence electrons. The Kier molecular flexibility index (Phi) is 4.80. The van der Waals surface area contributed by atoms with Crippen LogP contribution < -0.4 is 10.5 Å². The first kappa shape index (κ1) is 15.3. The molecule has 0 bridgehead atoms. The van der Waals surface area contributed by atoms with E-state index in [0.29, 0.717) is 19.6 Å². The monoisotopic (exact) mass is 291 g/mol. The summed E-state index contributed by atoms with van der Waals surface area (Å²) in [5, 5.41) is 0. The van der Waals surface area contributed by atoms with Crippen molar-refractivity contribution < 1.29 is 14.3 Å². The van der Waals surface area contributed by atoms with Gasteiger partial charge in [0.05, 0.1) is 7.11 Å². The maximum absolute atomic E-state index is 11.5. The molecule has 1 heterocycles. The molecule has 0 saturated carbocycles. The summed E-state index contributed by atoms with van der Waals surface area (Å²) < 4.78 is 5.21. The summed E-state index contributed by atoms with van der Waals surface area (Å²) in [6.07, 6.45) is 0. The van der Waals surface area contributed by atoms with Crippen molar-refractivity contribution in [3.05, 3.63) is 29.8 Å². The second-order valence-electron chi connectivity index (χ2n) is 5.22. The van der Waals surface area contributed by atoms with Crippen molar-refractivity contribution >= 4 is 11.8 Å². The van der Waals surface area contributed by atoms with Gasteiger partial charge < -0.3 is 15.4 Å². The van der Waals surface area contributed by atoms with Gasteiger partial charge in [-0.3, -0.25) is 14.5 Å². The van der Waals surface area contributed by atoms with Crippen LogP contribution in [0.25, 0.3) is 0 Å². The van der Waals surface area contributed by atoms with Crippen molar-refractivity contribution in [3.63, 3.8) is 0 Å². The van der Waals surface area contributed by atoms with Crippen molar-refractivity contribution in [1.82, 2.24) is 9.80 Å². The summed E-state index contributed by atoms with van der Waals surface area (Å²) in [6.45, 7) is 3.87. The van der Waals surface area contributed by atoms with E-state index in [4.69, 9.17) is 10.5 Å². The number of rotatable bonds is 4. The standard InChI is InChI=1S/C15H21N3O3/c1-11(19)18-7-6-17(10-14(18)15(16)20)9-12-4-3-5-13(8-12)21-2/h3-5,8,14H,6-7,9-10H2,1-2H3,(H2,16,20)/t14-/m1/s1. The molecule has 0 aliphatic carbocycles. The van der Waals surface area contributed by atoms with Crippen molar-refractivity contribution in [2.75, 3.05) is 26.7 Å². The molecule has 0 spiro atoms. The van der Waals surface area contributed by atoms with Gasteiger partial charge in [0, 0.05) is 33.1 Å². The normalized spacial score (nSPS) is 19.3. The third-order valence-electron chi connectivity index (χ3n) is 3.74. The van der Waals surface area contributed by atoms with Gasteiger partial charge in [-0.15, -0.1) is 0 Å². The van der Waals surface area contributed by atoms with Crippen LogP contribution in [0.3, 0.4) is 0 Å². The molecule has 0 unspecified atom stereocenters. The molecule has 1 aliphatic rings. The molecular formula is C15H21N3O3. The fraction of sp³-hybridized carbons (Fsp3) is 0.467. The maximum atomic E-state index is 11.5. The number of primary amides is 1. The molecule has 1 aliphatic heterocycles. The second kappa shape index (κ2) is 6.58. The Hall–Kier alpha value is -2.08. The summed E-state index contributed by atoms with van der Waals surface area (Å²) in [7, 11) is 1.63. The van der Waals surface area contributed by atoms with Crippen LogP contribution in [0, 0.1) is 0 Å². The zero-order valence-corrected chi connectivity index (χ0v) is 12.4. The summed E-state index contributed by atoms with van der Waals surface area (Å²) in [5.41, 5.74) is 6.52. The highest BCUT2D eigenvalue weighted by molar-refractivity contribution is 5.86. The fourth-order valence-corrected chi connectivity index (χ4v) is 2.63. The molecule has 1 aromatic rings. The number of hydrogen-bond acceptors (Lipinski definition) is 4. The van der Waals surface area contributed by atoms with Gasteiger partial charge in [0.25, 0.3) is 0 Å². The Labute approximate surface area is 124 Å². The first-order valence-electron chi connectivity index (χ1n) is 6.93. The topological polar surface area (TPSA) is 75.9 Å². The molecule has 2 amide bonds. The number of hydrogen-bond donors (Lipinski definition) is 1. The Bertz CT molecular complexity index is 533. The Morgan fingerprint density at radius 2 is 2.14 bits per heavy atom. The molecular weight excluding hydrogens is 270 g/mol. The number of carbonyl (C=O) groups is 2. The van der Waals surface area contributed by atoms with Crippen molar-refractivity contribution in [3.8, 4) is 5.75 Å². The van der Waals surface area contributed by atoms with Gasteiger partial charge in [-0.05, 0) is 17.7 Å². The van der Waals surface area contributed by atoms with E-state index in [2.05, 4.69) is 4.90 Å². The summed E-state index contributed by atoms with van der Waals surface area (Å²) >= 11 is 0. The maximum Gasteiger partial charge on any atom is 0.241 e. The van der Waals surface area contributed by atoms with E-state index in [-0.39, 0.29) is 5.91 Å². The molecule has 1 fully saturated rings. The largest absolute Gasteiger partial charge is 0.497 e. The number of nitrogens with zero attached hydrogens (tertiary/aromatic N) is 2. The van der Waals surface area contributed by atoms with Crippen LogP contribution in [0.5, 0.6) is 5.75 Å². The molecule has 1 saturated heterocycles. The highest BCUT2D eigenvalue weighted by Gasteiger charge is 2.32. The number of carbonyl (C=O) groups excluding carboxylic acids is 2. The number of methoxy groups -OCH3 is 1. The minimum Gasteiger partial charge on any atom is -0.497 e. The van der Waals surface area contributed by atoms with Gasteiger partial charge in [0.2, 0.25) is 11.8 Å². The van der Waals surface area contributed by atoms with Gasteiger partial charge >= 0.3 is 0 Å². The molecule has 21 heavy (non-hydrogen) atoms. The van der Waals surface area contributed by atoms with Crippen LogP contribution in [-0.2, 0) is 16.1 Å². The van der Waals surface area contributed by atoms with Gasteiger partial charge in [-0.2, -0.15) is 0 Å². The van der Waals surface area contributed by atoms with E-state index in [1.54, 1.807) is 12.0 Å². The second-order valence-corrected chi connectivity index (χ2v) is 5.22. The zero-order chi connectivity index (χ0) is 15.4. The fourth-order valence-electron chi connectivity index (χ4n) is 2.63. The molecule has 0 radical (unpaired) electrons. The van der Waals surface area contributed by atoms with Crippen LogP contribution >= 0.6 is 0 Å². The number of nitrogens with two attached hydrogens (primary N) is 1. The lowest BCUT2D eigenvalue weighted by Crippen LogP contribution is -2.59. The van der Waals surface area contributed by atoms with Crippen LogP contribution in [0.4, 0.5) is 0 Å². The SMILES string of the molecule is COc1cccc(CN2CCN(C(C)=O)[C@@H](C(N)=O)C2)c1. The molecule has 1 atom stereocenters. The van der Waals surface area contributed by atoms with Crippen molar-refractivity contribution in [1.29, 1.82) is 0 Å². The Balaban J connectivity index is 2.05. The highest BCUT2D eigenvalue weighted by Crippen LogP contribution is 2.17. The lowest BCUT2D eigenvalue weighted by molar-refractivity contribution is -0.141. The molecule has 2 N–H and O–H groups in total. The quantitative estimate of drug-likeness (QED) is 0.860. The predicted molar refractivity (Wildman–Crippen MR) is 78.6 cm³/mol. The lowest BCUT2D eigenvalue weighted by Gasteiger charge is -2.39. The summed E-state index contributed by atoms with van der Waals surface area (Å²) in [4.78, 5) is 26.8. The number of benzene rings is 1. The van der Waals surface area contributed by atoms with E-state index in [9.17, 15) is 9.59 Å². The van der Waals surface area contributed by atoms with Crippen LogP contribution in [-0.4, -0.2) is 54.4 Å². The summed E-state index contributed by atoms with van der Waals surface area (Å²) in [6, 6.07) is 7.26. The molecule has 1 aromatic carbocycles. The smallest absolute Gasteiger partial charge is 0.241 e. The third kappa shape index (κ3) is 3.72. The van der Waals surface area contributed by atoms with Gasteiger partial charge in [-0.1, -0.05) is 12.1 Å². The molecule has 0 aromatic heterocycles. The van der Waals surface area contributed by atoms with E-state index >= 15 is 0 Å². The zero-order valence-electron chi connectivity index (χ0n) is 12.4. The molecule has 2 rings (SSSR count). The average molecular weight is 291 g/mol. The number of ether oxygens (including phenoxy) is 1. The minimum absolute atomic E-state index is 0.111. The Morgan fingerprint density at radius 3 is 2.76 bits per heavy atom. The minimum atomic E-state index is -0.554. The highest BCUT2D eigenvalue weighted by atomic mass is 16.5. The average Bonchev–Trinajstić information content (AvgIpc) is 2.47. The van der Waals surface area contributed by atoms with Crippen molar-refractivity contribution in [2.24, 2.45) is 5.73 Å². The van der Waals surface area contributed by atoms with Gasteiger partial charge in [-0.25, -0.2) is 0 Å². The van der Waals surface area contributed by atoms with Crippen LogP contribution in [0.1, 0.15) is 12.5 Å². The van der Waals surface area contributed by atoms with Gasteiger partial charge in [0.1, 0.15) is 11.8 Å². The predicted octanol–water partition coefficient (Wildman–Crippen LogP) is 0.213. The number of amides is 2. The van der Waals surface area contributed by atoms with E-state index < -0.39 is 11.9 Å². The third-order valence-corrected chi connectivity index (χ3v) is 3.74. The van der Waals surface area contributed by atoms with Crippen molar-refractivity contribution in [2.45, 2.75) is 19.5 Å². The van der Waals surface area contributed by atoms with Gasteiger partial charge in [0.15, 0.2) is 0 Å². The Morgan fingerprint density at radius 1 is 1.38 bits per heavy atom. The molecule has 6 nitrogen and oxygen atoms in total. The summed E-state index contributed by atoms with van der Waals surface area (Å²) in [5.74, 6) is 0.238. The van der Waals surface area contributed by atoms with Crippen LogP contribution in [0.15, 0.2) is 24.3 Å². The first-order valence-corrected chi connectivity index (χ1v) is 6.93. The van der Waals surface area contributed by atoms with E-state index in [1.165, 1.54) is 6.92 Å². The molecule has 6 heteroatoms. The number of piperazine rings is 1. The van der Waals surface area contributed by atoms with E-state index in [0.717, 1.165) is 17.9 Å². The lowest BCUT2D eigenvalue weighted by atomic mass is 10.1.